The Bertz CT molecular complexity index is 489. The first kappa shape index (κ1) is 15.3. The molecule has 2 amide bonds. The molecule has 0 spiro atoms. The quantitative estimate of drug-likeness (QED) is 0.795. The van der Waals surface area contributed by atoms with Crippen LogP contribution in [0.25, 0.3) is 0 Å². The van der Waals surface area contributed by atoms with Crippen molar-refractivity contribution in [1.29, 1.82) is 0 Å². The van der Waals surface area contributed by atoms with Crippen molar-refractivity contribution in [3.05, 3.63) is 28.8 Å². The molecule has 1 rings (SSSR count). The minimum Gasteiger partial charge on any atom is -0.480 e. The molecule has 0 saturated carbocycles. The Labute approximate surface area is 117 Å². The highest BCUT2D eigenvalue weighted by atomic mass is 35.5. The zero-order valence-corrected chi connectivity index (χ0v) is 11.8. The van der Waals surface area contributed by atoms with E-state index in [4.69, 9.17) is 16.7 Å². The van der Waals surface area contributed by atoms with Gasteiger partial charge >= 0.3 is 12.0 Å². The van der Waals surface area contributed by atoms with Crippen molar-refractivity contribution in [2.45, 2.75) is 26.8 Å². The van der Waals surface area contributed by atoms with Crippen LogP contribution in [-0.4, -0.2) is 23.1 Å². The van der Waals surface area contributed by atoms with Crippen LogP contribution in [0.4, 0.5) is 10.5 Å². The fourth-order valence-electron chi connectivity index (χ4n) is 1.54. The lowest BCUT2D eigenvalue weighted by Crippen LogP contribution is -2.46. The van der Waals surface area contributed by atoms with E-state index in [2.05, 4.69) is 10.6 Å². The second-order valence-corrected chi connectivity index (χ2v) is 5.05. The number of carbonyl (C=O) groups excluding carboxylic acids is 1. The minimum absolute atomic E-state index is 0.205. The predicted molar refractivity (Wildman–Crippen MR) is 74.6 cm³/mol. The lowest BCUT2D eigenvalue weighted by atomic mass is 10.1. The van der Waals surface area contributed by atoms with Crippen LogP contribution in [0, 0.1) is 12.8 Å². The van der Waals surface area contributed by atoms with Crippen LogP contribution in [0.3, 0.4) is 0 Å². The van der Waals surface area contributed by atoms with Crippen LogP contribution in [0.15, 0.2) is 18.2 Å². The summed E-state index contributed by atoms with van der Waals surface area (Å²) in [6, 6.07) is 3.61. The van der Waals surface area contributed by atoms with E-state index in [0.717, 1.165) is 5.56 Å². The highest BCUT2D eigenvalue weighted by Gasteiger charge is 2.23. The number of carbonyl (C=O) groups is 2. The molecule has 0 saturated heterocycles. The van der Waals surface area contributed by atoms with E-state index < -0.39 is 18.0 Å². The van der Waals surface area contributed by atoms with Crippen molar-refractivity contribution in [1.82, 2.24) is 5.32 Å². The van der Waals surface area contributed by atoms with Gasteiger partial charge in [0.25, 0.3) is 0 Å². The van der Waals surface area contributed by atoms with E-state index in [1.54, 1.807) is 32.0 Å². The number of aryl methyl sites for hydroxylation is 1. The van der Waals surface area contributed by atoms with Crippen molar-refractivity contribution in [3.8, 4) is 0 Å². The summed E-state index contributed by atoms with van der Waals surface area (Å²) in [5, 5.41) is 14.5. The van der Waals surface area contributed by atoms with Gasteiger partial charge in [-0.3, -0.25) is 0 Å². The molecule has 0 aromatic heterocycles. The molecule has 1 atom stereocenters. The summed E-state index contributed by atoms with van der Waals surface area (Å²) in [5.41, 5.74) is 1.40. The molecular weight excluding hydrogens is 268 g/mol. The molecule has 5 nitrogen and oxygen atoms in total. The third-order valence-corrected chi connectivity index (χ3v) is 2.90. The first-order valence-corrected chi connectivity index (χ1v) is 6.25. The average Bonchev–Trinajstić information content (AvgIpc) is 2.30. The molecule has 3 N–H and O–H groups in total. The minimum atomic E-state index is -1.06. The largest absolute Gasteiger partial charge is 0.480 e. The summed E-state index contributed by atoms with van der Waals surface area (Å²) in [6.45, 7) is 5.27. The molecule has 0 radical (unpaired) electrons. The zero-order valence-electron chi connectivity index (χ0n) is 11.0. The molecule has 19 heavy (non-hydrogen) atoms. The number of halogens is 1. The third kappa shape index (κ3) is 4.44. The van der Waals surface area contributed by atoms with Gasteiger partial charge in [0, 0.05) is 10.7 Å². The van der Waals surface area contributed by atoms with E-state index in [1.165, 1.54) is 0 Å². The number of hydrogen-bond donors (Lipinski definition) is 3. The van der Waals surface area contributed by atoms with Crippen molar-refractivity contribution in [2.24, 2.45) is 5.92 Å². The molecule has 104 valence electrons. The molecule has 0 aliphatic carbocycles. The Hall–Kier alpha value is -1.75. The Balaban J connectivity index is 2.74. The highest BCUT2D eigenvalue weighted by Crippen LogP contribution is 2.20. The first-order chi connectivity index (χ1) is 8.81. The van der Waals surface area contributed by atoms with Crippen LogP contribution in [0.5, 0.6) is 0 Å². The van der Waals surface area contributed by atoms with Crippen LogP contribution >= 0.6 is 11.6 Å². The van der Waals surface area contributed by atoms with Crippen molar-refractivity contribution in [3.63, 3.8) is 0 Å². The number of benzene rings is 1. The second kappa shape index (κ2) is 6.43. The fraction of sp³-hybridized carbons (Fsp3) is 0.385. The van der Waals surface area contributed by atoms with E-state index in [0.29, 0.717) is 10.7 Å². The maximum absolute atomic E-state index is 11.8. The number of rotatable bonds is 4. The summed E-state index contributed by atoms with van der Waals surface area (Å²) >= 11 is 5.84. The number of urea groups is 1. The molecule has 1 aromatic rings. The molecule has 6 heteroatoms. The van der Waals surface area contributed by atoms with Crippen molar-refractivity contribution in [2.75, 3.05) is 5.32 Å². The summed E-state index contributed by atoms with van der Waals surface area (Å²) in [6.07, 6.45) is 0. The SMILES string of the molecule is Cc1ccc(Cl)cc1NC(=O)N[C@H](C(=O)O)C(C)C. The zero-order chi connectivity index (χ0) is 14.6. The monoisotopic (exact) mass is 284 g/mol. The molecule has 0 fully saturated rings. The number of carboxylic acid groups (broad SMARTS) is 1. The third-order valence-electron chi connectivity index (χ3n) is 2.67. The molecule has 0 bridgehead atoms. The van der Waals surface area contributed by atoms with Gasteiger partial charge in [-0.1, -0.05) is 31.5 Å². The number of amides is 2. The average molecular weight is 285 g/mol. The Morgan fingerprint density at radius 3 is 2.47 bits per heavy atom. The lowest BCUT2D eigenvalue weighted by Gasteiger charge is -2.18. The molecule has 0 aliphatic rings. The molecule has 0 unspecified atom stereocenters. The van der Waals surface area contributed by atoms with E-state index in [1.807, 2.05) is 6.92 Å². The topological polar surface area (TPSA) is 78.4 Å². The van der Waals surface area contributed by atoms with Gasteiger partial charge in [0.05, 0.1) is 0 Å². The van der Waals surface area contributed by atoms with Gasteiger partial charge in [0.1, 0.15) is 6.04 Å². The summed E-state index contributed by atoms with van der Waals surface area (Å²) in [7, 11) is 0. The number of carboxylic acids is 1. The van der Waals surface area contributed by atoms with Gasteiger partial charge in [0.15, 0.2) is 0 Å². The van der Waals surface area contributed by atoms with E-state index >= 15 is 0 Å². The number of hydrogen-bond acceptors (Lipinski definition) is 2. The number of aliphatic carboxylic acids is 1. The smallest absolute Gasteiger partial charge is 0.326 e. The summed E-state index contributed by atoms with van der Waals surface area (Å²) in [4.78, 5) is 22.8. The molecule has 1 aromatic carbocycles. The van der Waals surface area contributed by atoms with Gasteiger partial charge in [-0.15, -0.1) is 0 Å². The van der Waals surface area contributed by atoms with Crippen LogP contribution in [0.2, 0.25) is 5.02 Å². The highest BCUT2D eigenvalue weighted by molar-refractivity contribution is 6.31. The van der Waals surface area contributed by atoms with Crippen LogP contribution in [0.1, 0.15) is 19.4 Å². The first-order valence-electron chi connectivity index (χ1n) is 5.87. The van der Waals surface area contributed by atoms with Crippen molar-refractivity contribution < 1.29 is 14.7 Å². The fourth-order valence-corrected chi connectivity index (χ4v) is 1.71. The maximum Gasteiger partial charge on any atom is 0.326 e. The normalized spacial score (nSPS) is 12.1. The van der Waals surface area contributed by atoms with Gasteiger partial charge in [-0.2, -0.15) is 0 Å². The molecular formula is C13H17ClN2O3. The van der Waals surface area contributed by atoms with Gasteiger partial charge in [0.2, 0.25) is 0 Å². The maximum atomic E-state index is 11.8. The summed E-state index contributed by atoms with van der Waals surface area (Å²) < 4.78 is 0. The molecule has 0 aliphatic heterocycles. The summed E-state index contributed by atoms with van der Waals surface area (Å²) in [5.74, 6) is -1.27. The van der Waals surface area contributed by atoms with Gasteiger partial charge < -0.3 is 15.7 Å². The predicted octanol–water partition coefficient (Wildman–Crippen LogP) is 2.88. The van der Waals surface area contributed by atoms with Gasteiger partial charge in [-0.25, -0.2) is 9.59 Å². The van der Waals surface area contributed by atoms with E-state index in [9.17, 15) is 9.59 Å². The molecule has 0 heterocycles. The van der Waals surface area contributed by atoms with Crippen molar-refractivity contribution >= 4 is 29.3 Å². The second-order valence-electron chi connectivity index (χ2n) is 4.62. The number of anilines is 1. The Kier molecular flexibility index (Phi) is 5.18. The lowest BCUT2D eigenvalue weighted by molar-refractivity contribution is -0.140. The number of nitrogens with one attached hydrogen (secondary N) is 2. The van der Waals surface area contributed by atoms with Crippen LogP contribution in [-0.2, 0) is 4.79 Å². The standard InChI is InChI=1S/C13H17ClN2O3/c1-7(2)11(12(17)18)16-13(19)15-10-6-9(14)5-4-8(10)3/h4-7,11H,1-3H3,(H,17,18)(H2,15,16,19)/t11-/m0/s1. The van der Waals surface area contributed by atoms with E-state index in [-0.39, 0.29) is 5.92 Å². The Morgan fingerprint density at radius 1 is 1.32 bits per heavy atom. The van der Waals surface area contributed by atoms with Crippen LogP contribution < -0.4 is 10.6 Å². The Morgan fingerprint density at radius 2 is 1.95 bits per heavy atom. The van der Waals surface area contributed by atoms with Gasteiger partial charge in [-0.05, 0) is 30.5 Å².